The van der Waals surface area contributed by atoms with E-state index in [1.165, 1.54) is 11.0 Å². The number of carboxylic acids is 1. The molecule has 0 atom stereocenters. The van der Waals surface area contributed by atoms with Crippen molar-refractivity contribution < 1.29 is 14.7 Å². The number of benzene rings is 1. The van der Waals surface area contributed by atoms with Gasteiger partial charge >= 0.3 is 5.97 Å². The van der Waals surface area contributed by atoms with Crippen LogP contribution >= 0.6 is 0 Å². The highest BCUT2D eigenvalue weighted by Gasteiger charge is 2.15. The Kier molecular flexibility index (Phi) is 4.94. The van der Waals surface area contributed by atoms with Gasteiger partial charge in [0.1, 0.15) is 6.54 Å². The van der Waals surface area contributed by atoms with Crippen LogP contribution in [-0.4, -0.2) is 35.0 Å². The maximum absolute atomic E-state index is 11.9. The summed E-state index contributed by atoms with van der Waals surface area (Å²) < 4.78 is 0. The Morgan fingerprint density at radius 2 is 1.94 bits per heavy atom. The zero-order valence-electron chi connectivity index (χ0n) is 9.50. The van der Waals surface area contributed by atoms with Crippen molar-refractivity contribution in [3.8, 4) is 0 Å². The lowest BCUT2D eigenvalue weighted by atomic mass is 10.1. The minimum Gasteiger partial charge on any atom is -0.480 e. The molecule has 0 radical (unpaired) electrons. The monoisotopic (exact) mass is 233 g/mol. The first-order chi connectivity index (χ1) is 8.13. The molecule has 17 heavy (non-hydrogen) atoms. The first-order valence-corrected chi connectivity index (χ1v) is 5.28. The molecule has 0 heterocycles. The standard InChI is InChI=1S/C13H15NO3/c1-2-8-14(10-13(16)17)12(15)9-11-6-4-3-5-7-11/h2-7H,1,8-10H2,(H,16,17). The van der Waals surface area contributed by atoms with Crippen LogP contribution in [0.15, 0.2) is 43.0 Å². The van der Waals surface area contributed by atoms with Crippen LogP contribution in [0.3, 0.4) is 0 Å². The minimum atomic E-state index is -1.02. The van der Waals surface area contributed by atoms with Gasteiger partial charge in [0.25, 0.3) is 0 Å². The zero-order valence-corrected chi connectivity index (χ0v) is 9.50. The Morgan fingerprint density at radius 1 is 1.29 bits per heavy atom. The fourth-order valence-electron chi connectivity index (χ4n) is 1.46. The van der Waals surface area contributed by atoms with Gasteiger partial charge in [0.2, 0.25) is 5.91 Å². The lowest BCUT2D eigenvalue weighted by Gasteiger charge is -2.18. The number of hydrogen-bond donors (Lipinski definition) is 1. The van der Waals surface area contributed by atoms with E-state index in [9.17, 15) is 9.59 Å². The number of carbonyl (C=O) groups excluding carboxylic acids is 1. The molecule has 90 valence electrons. The summed E-state index contributed by atoms with van der Waals surface area (Å²) >= 11 is 0. The summed E-state index contributed by atoms with van der Waals surface area (Å²) in [7, 11) is 0. The van der Waals surface area contributed by atoms with Gasteiger partial charge in [-0.15, -0.1) is 6.58 Å². The molecule has 0 spiro atoms. The minimum absolute atomic E-state index is 0.210. The summed E-state index contributed by atoms with van der Waals surface area (Å²) in [4.78, 5) is 23.7. The quantitative estimate of drug-likeness (QED) is 0.754. The van der Waals surface area contributed by atoms with E-state index in [1.807, 2.05) is 30.3 Å². The smallest absolute Gasteiger partial charge is 0.323 e. The van der Waals surface area contributed by atoms with Crippen LogP contribution in [0.5, 0.6) is 0 Å². The third-order valence-electron chi connectivity index (χ3n) is 2.23. The van der Waals surface area contributed by atoms with E-state index in [0.717, 1.165) is 5.56 Å². The fourth-order valence-corrected chi connectivity index (χ4v) is 1.46. The number of hydrogen-bond acceptors (Lipinski definition) is 2. The molecule has 0 aliphatic rings. The third kappa shape index (κ3) is 4.51. The molecule has 1 aromatic carbocycles. The third-order valence-corrected chi connectivity index (χ3v) is 2.23. The highest BCUT2D eigenvalue weighted by Crippen LogP contribution is 2.03. The first kappa shape index (κ1) is 13.0. The van der Waals surface area contributed by atoms with Gasteiger partial charge < -0.3 is 10.0 Å². The van der Waals surface area contributed by atoms with Crippen LogP contribution in [0.25, 0.3) is 0 Å². The van der Waals surface area contributed by atoms with Crippen molar-refractivity contribution in [1.82, 2.24) is 4.90 Å². The summed E-state index contributed by atoms with van der Waals surface area (Å²) in [6, 6.07) is 9.23. The topological polar surface area (TPSA) is 57.6 Å². The summed E-state index contributed by atoms with van der Waals surface area (Å²) in [5, 5.41) is 8.70. The highest BCUT2D eigenvalue weighted by molar-refractivity contribution is 5.83. The predicted molar refractivity (Wildman–Crippen MR) is 64.6 cm³/mol. The maximum atomic E-state index is 11.9. The molecule has 4 nitrogen and oxygen atoms in total. The van der Waals surface area contributed by atoms with Crippen molar-refractivity contribution in [2.24, 2.45) is 0 Å². The van der Waals surface area contributed by atoms with Crippen LogP contribution in [0.2, 0.25) is 0 Å². The van der Waals surface area contributed by atoms with Crippen LogP contribution in [0.1, 0.15) is 5.56 Å². The molecular formula is C13H15NO3. The van der Waals surface area contributed by atoms with Gasteiger partial charge in [-0.3, -0.25) is 9.59 Å². The molecule has 0 saturated carbocycles. The number of amides is 1. The van der Waals surface area contributed by atoms with E-state index < -0.39 is 5.97 Å². The van der Waals surface area contributed by atoms with E-state index in [1.54, 1.807) is 0 Å². The average Bonchev–Trinajstić information content (AvgIpc) is 2.29. The summed E-state index contributed by atoms with van der Waals surface area (Å²) in [6.07, 6.45) is 1.73. The number of nitrogens with zero attached hydrogens (tertiary/aromatic N) is 1. The van der Waals surface area contributed by atoms with Crippen molar-refractivity contribution in [3.63, 3.8) is 0 Å². The second kappa shape index (κ2) is 6.48. The van der Waals surface area contributed by atoms with Gasteiger partial charge in [0.15, 0.2) is 0 Å². The number of carboxylic acid groups (broad SMARTS) is 1. The molecule has 0 aromatic heterocycles. The second-order valence-electron chi connectivity index (χ2n) is 3.62. The molecule has 1 N–H and O–H groups in total. The zero-order chi connectivity index (χ0) is 12.7. The molecule has 1 aromatic rings. The molecule has 0 unspecified atom stereocenters. The van der Waals surface area contributed by atoms with Gasteiger partial charge in [-0.1, -0.05) is 36.4 Å². The van der Waals surface area contributed by atoms with Gasteiger partial charge in [-0.25, -0.2) is 0 Å². The molecular weight excluding hydrogens is 218 g/mol. The Bertz CT molecular complexity index is 400. The van der Waals surface area contributed by atoms with E-state index in [-0.39, 0.29) is 25.4 Å². The summed E-state index contributed by atoms with van der Waals surface area (Å²) in [5.41, 5.74) is 0.872. The SMILES string of the molecule is C=CCN(CC(=O)O)C(=O)Cc1ccccc1. The van der Waals surface area contributed by atoms with Gasteiger partial charge in [0, 0.05) is 6.54 Å². The van der Waals surface area contributed by atoms with E-state index >= 15 is 0 Å². The summed E-state index contributed by atoms with van der Waals surface area (Å²) in [6.45, 7) is 3.46. The predicted octanol–water partition coefficient (Wildman–Crippen LogP) is 1.33. The van der Waals surface area contributed by atoms with Crippen LogP contribution in [0.4, 0.5) is 0 Å². The Morgan fingerprint density at radius 3 is 2.47 bits per heavy atom. The largest absolute Gasteiger partial charge is 0.480 e. The van der Waals surface area contributed by atoms with Gasteiger partial charge in [-0.05, 0) is 5.56 Å². The Balaban J connectivity index is 2.65. The number of rotatable bonds is 6. The lowest BCUT2D eigenvalue weighted by molar-refractivity contribution is -0.143. The highest BCUT2D eigenvalue weighted by atomic mass is 16.4. The van der Waals surface area contributed by atoms with Crippen LogP contribution in [0, 0.1) is 0 Å². The molecule has 0 aliphatic heterocycles. The van der Waals surface area contributed by atoms with Crippen molar-refractivity contribution in [2.45, 2.75) is 6.42 Å². The summed E-state index contributed by atoms with van der Waals surface area (Å²) in [5.74, 6) is -1.23. The van der Waals surface area contributed by atoms with E-state index in [0.29, 0.717) is 0 Å². The van der Waals surface area contributed by atoms with Crippen molar-refractivity contribution >= 4 is 11.9 Å². The van der Waals surface area contributed by atoms with Crippen molar-refractivity contribution in [2.75, 3.05) is 13.1 Å². The molecule has 1 rings (SSSR count). The number of aliphatic carboxylic acids is 1. The molecule has 0 bridgehead atoms. The van der Waals surface area contributed by atoms with Crippen LogP contribution < -0.4 is 0 Å². The van der Waals surface area contributed by atoms with Gasteiger partial charge in [-0.2, -0.15) is 0 Å². The molecule has 4 heteroatoms. The number of carbonyl (C=O) groups is 2. The Labute approximate surface area is 100 Å². The lowest BCUT2D eigenvalue weighted by Crippen LogP contribution is -2.36. The molecule has 0 fully saturated rings. The fraction of sp³-hybridized carbons (Fsp3) is 0.231. The molecule has 1 amide bonds. The van der Waals surface area contributed by atoms with E-state index in [2.05, 4.69) is 6.58 Å². The normalized spacial score (nSPS) is 9.65. The maximum Gasteiger partial charge on any atom is 0.323 e. The first-order valence-electron chi connectivity index (χ1n) is 5.28. The molecule has 0 saturated heterocycles. The average molecular weight is 233 g/mol. The van der Waals surface area contributed by atoms with E-state index in [4.69, 9.17) is 5.11 Å². The second-order valence-corrected chi connectivity index (χ2v) is 3.62. The van der Waals surface area contributed by atoms with Crippen molar-refractivity contribution in [3.05, 3.63) is 48.6 Å². The Hall–Kier alpha value is -2.10. The molecule has 0 aliphatic carbocycles. The van der Waals surface area contributed by atoms with Crippen LogP contribution in [-0.2, 0) is 16.0 Å². The van der Waals surface area contributed by atoms with Gasteiger partial charge in [0.05, 0.1) is 6.42 Å². The van der Waals surface area contributed by atoms with Crippen molar-refractivity contribution in [1.29, 1.82) is 0 Å².